The van der Waals surface area contributed by atoms with Crippen LogP contribution in [0.4, 0.5) is 0 Å². The van der Waals surface area contributed by atoms with Crippen molar-refractivity contribution in [1.29, 1.82) is 0 Å². The maximum atomic E-state index is 12.0. The number of hydrogen-bond acceptors (Lipinski definition) is 7. The summed E-state index contributed by atoms with van der Waals surface area (Å²) in [5.41, 5.74) is 0. The number of esters is 2. The summed E-state index contributed by atoms with van der Waals surface area (Å²) in [7, 11) is 3.85. The summed E-state index contributed by atoms with van der Waals surface area (Å²) in [5, 5.41) is 8.20. The topological polar surface area (TPSA) is 96.4 Å². The second kappa shape index (κ2) is 49.9. The summed E-state index contributed by atoms with van der Waals surface area (Å²) in [6.07, 6.45) is 43.8. The molecule has 0 bridgehead atoms. The number of unbranched alkanes of at least 4 members (excludes halogenated alkanes) is 22. The summed E-state index contributed by atoms with van der Waals surface area (Å²) in [6, 6.07) is 0. The van der Waals surface area contributed by atoms with Crippen molar-refractivity contribution in [2.75, 3.05) is 53.6 Å². The molecule has 54 heavy (non-hydrogen) atoms. The Morgan fingerprint density at radius 2 is 0.833 bits per heavy atom. The first kappa shape index (κ1) is 57.2. The predicted octanol–water partition coefficient (Wildman–Crippen LogP) is 11.1. The van der Waals surface area contributed by atoms with Crippen LogP contribution in [0.25, 0.3) is 0 Å². The zero-order chi connectivity index (χ0) is 39.3. The van der Waals surface area contributed by atoms with Gasteiger partial charge in [-0.3, -0.25) is 9.59 Å². The molecule has 1 N–H and O–H groups in total. The molecule has 0 atom stereocenters. The van der Waals surface area contributed by atoms with Crippen LogP contribution in [-0.4, -0.2) is 86.8 Å². The Hall–Kier alpha value is -1.09. The van der Waals surface area contributed by atoms with Crippen LogP contribution in [0.3, 0.4) is 0 Å². The van der Waals surface area contributed by atoms with Crippen molar-refractivity contribution in [3.8, 4) is 0 Å². The molecule has 0 aliphatic heterocycles. The Morgan fingerprint density at radius 1 is 0.519 bits per heavy atom. The van der Waals surface area contributed by atoms with Crippen LogP contribution in [0.5, 0.6) is 0 Å². The number of amides is 1. The number of aliphatic hydroxyl groups is 1. The second-order valence-electron chi connectivity index (χ2n) is 14.7. The summed E-state index contributed by atoms with van der Waals surface area (Å²) < 4.78 is 10.6. The average Bonchev–Trinajstić information content (AvgIpc) is 3.14. The molecule has 1 radical (unpaired) electrons. The number of allylic oxidation sites excluding steroid dienone is 4. The first-order chi connectivity index (χ1) is 25.9. The van der Waals surface area contributed by atoms with Gasteiger partial charge in [-0.1, -0.05) is 141 Å². The number of likely N-dealkylation sites (N-methyl/N-ethyl adjacent to an activating group) is 1. The van der Waals surface area contributed by atoms with Crippen molar-refractivity contribution in [1.82, 2.24) is 9.80 Å². The third-order valence-electron chi connectivity index (χ3n) is 9.21. The van der Waals surface area contributed by atoms with Gasteiger partial charge in [0.25, 0.3) is 0 Å². The van der Waals surface area contributed by atoms with Crippen LogP contribution in [0.1, 0.15) is 194 Å². The Morgan fingerprint density at radius 3 is 1.11 bits per heavy atom. The zero-order valence-corrected chi connectivity index (χ0v) is 38.6. The molecule has 315 valence electrons. The third kappa shape index (κ3) is 50.9. The van der Waals surface area contributed by atoms with Gasteiger partial charge in [0.2, 0.25) is 0 Å². The summed E-state index contributed by atoms with van der Waals surface area (Å²) in [4.78, 5) is 38.5. The standard InChI is InChI=1S/C41H74NO5.C4H11NO.Y/c1-3-5-7-9-11-13-15-17-19-21-23-25-27-29-31-33-40(44)46-37-35-42(39-43)36-38-47-41(45)34-32-30-28-26-24-22-20-18-16-14-12-10-8-6-4-2;1-5(2)3-4-6;/h17-20H,3-16,21-38H2,1-2H3;6H,3-4H2,1-2H3;/q-1;;/b19-17-,20-18-;;. The summed E-state index contributed by atoms with van der Waals surface area (Å²) in [5.74, 6) is -0.445. The van der Waals surface area contributed by atoms with E-state index in [-0.39, 0.29) is 77.6 Å². The van der Waals surface area contributed by atoms with Crippen LogP contribution in [-0.2, 0) is 56.6 Å². The van der Waals surface area contributed by atoms with E-state index in [0.717, 1.165) is 57.9 Å². The van der Waals surface area contributed by atoms with Gasteiger partial charge >= 0.3 is 11.9 Å². The van der Waals surface area contributed by atoms with Crippen LogP contribution in [0.2, 0.25) is 0 Å². The van der Waals surface area contributed by atoms with E-state index in [4.69, 9.17) is 14.6 Å². The maximum absolute atomic E-state index is 12.0. The smallest absolute Gasteiger partial charge is 0.305 e. The third-order valence-corrected chi connectivity index (χ3v) is 9.21. The molecule has 0 aromatic heterocycles. The van der Waals surface area contributed by atoms with E-state index in [1.807, 2.05) is 25.4 Å². The average molecular weight is 839 g/mol. The number of carbonyl (C=O) groups excluding carboxylic acids is 3. The monoisotopic (exact) mass is 839 g/mol. The molecule has 0 aromatic carbocycles. The van der Waals surface area contributed by atoms with Crippen LogP contribution in [0, 0.1) is 0 Å². The Bertz CT molecular complexity index is 781. The Labute approximate surface area is 359 Å². The van der Waals surface area contributed by atoms with E-state index < -0.39 is 0 Å². The molecule has 0 rings (SSSR count). The van der Waals surface area contributed by atoms with E-state index in [0.29, 0.717) is 12.8 Å². The van der Waals surface area contributed by atoms with E-state index >= 15 is 0 Å². The minimum absolute atomic E-state index is 0. The summed E-state index contributed by atoms with van der Waals surface area (Å²) in [6.45, 7) is 6.33. The fourth-order valence-electron chi connectivity index (χ4n) is 5.77. The molecule has 1 amide bonds. The van der Waals surface area contributed by atoms with Gasteiger partial charge in [0, 0.05) is 65.2 Å². The van der Waals surface area contributed by atoms with Crippen molar-refractivity contribution in [3.05, 3.63) is 24.3 Å². The van der Waals surface area contributed by atoms with E-state index in [2.05, 4.69) is 38.2 Å². The molecule has 8 nitrogen and oxygen atoms in total. The summed E-state index contributed by atoms with van der Waals surface area (Å²) >= 11 is 0. The van der Waals surface area contributed by atoms with Crippen LogP contribution >= 0.6 is 0 Å². The van der Waals surface area contributed by atoms with Gasteiger partial charge in [-0.2, -0.15) is 6.41 Å². The van der Waals surface area contributed by atoms with Crippen LogP contribution in [0.15, 0.2) is 24.3 Å². The first-order valence-electron chi connectivity index (χ1n) is 21.9. The number of carbonyl (C=O) groups is 2. The molecule has 0 fully saturated rings. The molecular formula is C45H85N2O6Y-. The molecule has 9 heteroatoms. The maximum Gasteiger partial charge on any atom is 0.305 e. The van der Waals surface area contributed by atoms with E-state index in [1.165, 1.54) is 120 Å². The molecule has 0 aliphatic carbocycles. The fraction of sp³-hybridized carbons (Fsp3) is 0.844. The predicted molar refractivity (Wildman–Crippen MR) is 224 cm³/mol. The van der Waals surface area contributed by atoms with Gasteiger partial charge in [-0.15, -0.1) is 0 Å². The van der Waals surface area contributed by atoms with Gasteiger partial charge < -0.3 is 29.2 Å². The number of rotatable bonds is 39. The molecule has 0 saturated heterocycles. The van der Waals surface area contributed by atoms with Gasteiger partial charge in [0.15, 0.2) is 0 Å². The van der Waals surface area contributed by atoms with Crippen molar-refractivity contribution >= 4 is 18.3 Å². The van der Waals surface area contributed by atoms with Crippen LogP contribution < -0.4 is 0 Å². The molecule has 0 aromatic rings. The normalized spacial score (nSPS) is 11.1. The first-order valence-corrected chi connectivity index (χ1v) is 21.9. The quantitative estimate of drug-likeness (QED) is 0.0216. The molecular weight excluding hydrogens is 753 g/mol. The van der Waals surface area contributed by atoms with Gasteiger partial charge in [-0.05, 0) is 78.3 Å². The number of nitrogens with zero attached hydrogens (tertiary/aromatic N) is 2. The van der Waals surface area contributed by atoms with Crippen molar-refractivity contribution in [2.45, 2.75) is 194 Å². The van der Waals surface area contributed by atoms with Crippen molar-refractivity contribution < 1.29 is 61.7 Å². The van der Waals surface area contributed by atoms with Crippen molar-refractivity contribution in [3.63, 3.8) is 0 Å². The number of aliphatic hydroxyl groups excluding tert-OH is 1. The fourth-order valence-corrected chi connectivity index (χ4v) is 5.77. The minimum Gasteiger partial charge on any atom is -0.520 e. The van der Waals surface area contributed by atoms with Gasteiger partial charge in [0.1, 0.15) is 13.2 Å². The van der Waals surface area contributed by atoms with E-state index in [1.54, 1.807) is 0 Å². The molecule has 0 heterocycles. The van der Waals surface area contributed by atoms with E-state index in [9.17, 15) is 14.4 Å². The molecule has 0 saturated carbocycles. The molecule has 0 unspecified atom stereocenters. The number of ether oxygens (including phenoxy) is 2. The second-order valence-corrected chi connectivity index (χ2v) is 14.7. The zero-order valence-electron chi connectivity index (χ0n) is 35.8. The van der Waals surface area contributed by atoms with Gasteiger partial charge in [0.05, 0.1) is 6.61 Å². The minimum atomic E-state index is -0.222. The molecule has 0 spiro atoms. The Kier molecular flexibility index (Phi) is 52.9. The van der Waals surface area contributed by atoms with Gasteiger partial charge in [-0.25, -0.2) is 0 Å². The van der Waals surface area contributed by atoms with Crippen molar-refractivity contribution in [2.24, 2.45) is 0 Å². The SMILES string of the molecule is CCCCCCCC/C=C\CCCCCCCC(=O)OCCN([C-]=O)CCOC(=O)CCCCCCC/C=C\CCCCCCCC.CN(C)CCO.[Y]. The molecule has 0 aliphatic rings. The largest absolute Gasteiger partial charge is 0.520 e. The Balaban J connectivity index is -0.00000340. The number of hydrogen-bond donors (Lipinski definition) is 1.